The standard InChI is InChI=1S/C16H18O.C14H21N.C14H22O.C13H20O.C13H20.C12H18.CH4/c1-13(2)15-10-8-14(9-11-15)12-17-16-6-4-3-5-7-16;1-12(2)13-6-8-14(9-7-13)15-10-4-3-5-11-15;1-11(2)9-10-15-14-7-5-13(6-8-14)12(3)4;1-4-5-10-14-13-8-6-12(7-9-13)11(2)3;1-10(2)11-6-8-12(9-7-11)13(3,4)5;1-4-5-11-6-8-12(9-7-11)10(2)3;/h3-11,13H,12H2,1-2H3;6-9,12H,3-5,10-11H2,1-2H3;5-8,11-12H,9-10H2,1-4H3;6-9,11H,4-5,10H2,1-3H3;6-10H,1-5H3;6-10H,4-5H2,1-3H3;1H4. The normalized spacial score (nSPS) is 11.9. The highest BCUT2D eigenvalue weighted by molar-refractivity contribution is 5.48. The first-order valence-corrected chi connectivity index (χ1v) is 33.3. The molecule has 0 N–H and O–H groups in total. The van der Waals surface area contributed by atoms with Gasteiger partial charge in [-0.05, 0) is 184 Å². The largest absolute Gasteiger partial charge is 0.494 e. The molecule has 1 saturated heterocycles. The average Bonchev–Trinajstić information content (AvgIpc) is 3.69. The molecule has 8 rings (SSSR count). The molecule has 0 spiro atoms. The van der Waals surface area contributed by atoms with Gasteiger partial charge in [-0.25, -0.2) is 0 Å². The summed E-state index contributed by atoms with van der Waals surface area (Å²) < 4.78 is 16.9. The molecule has 0 radical (unpaired) electrons. The Bertz CT molecular complexity index is 2740. The lowest BCUT2D eigenvalue weighted by Crippen LogP contribution is -2.29. The topological polar surface area (TPSA) is 30.9 Å². The molecule has 0 aliphatic carbocycles. The fourth-order valence-electron chi connectivity index (χ4n) is 9.27. The molecular weight excluding hydrogens is 1060 g/mol. The van der Waals surface area contributed by atoms with Gasteiger partial charge in [0, 0.05) is 18.8 Å². The van der Waals surface area contributed by atoms with Crippen LogP contribution in [0.5, 0.6) is 17.2 Å². The molecule has 1 aliphatic heterocycles. The van der Waals surface area contributed by atoms with Crippen LogP contribution in [-0.2, 0) is 18.4 Å². The number of nitrogens with zero attached hydrogens (tertiary/aromatic N) is 1. The Morgan fingerprint density at radius 2 is 0.736 bits per heavy atom. The zero-order valence-electron chi connectivity index (χ0n) is 57.6. The summed E-state index contributed by atoms with van der Waals surface area (Å²) in [5.41, 5.74) is 14.2. The van der Waals surface area contributed by atoms with Gasteiger partial charge in [-0.15, -0.1) is 0 Å². The summed E-state index contributed by atoms with van der Waals surface area (Å²) in [4.78, 5) is 2.51. The third kappa shape index (κ3) is 32.0. The van der Waals surface area contributed by atoms with E-state index in [4.69, 9.17) is 14.2 Å². The van der Waals surface area contributed by atoms with E-state index < -0.39 is 0 Å². The Morgan fingerprint density at radius 1 is 0.379 bits per heavy atom. The first-order chi connectivity index (χ1) is 41.0. The highest BCUT2D eigenvalue weighted by Crippen LogP contribution is 2.26. The van der Waals surface area contributed by atoms with E-state index in [-0.39, 0.29) is 12.8 Å². The van der Waals surface area contributed by atoms with Crippen molar-refractivity contribution in [2.45, 2.75) is 238 Å². The molecule has 7 aromatic carbocycles. The second-order valence-corrected chi connectivity index (χ2v) is 26.6. The third-order valence-corrected chi connectivity index (χ3v) is 15.5. The van der Waals surface area contributed by atoms with Crippen LogP contribution in [0.25, 0.3) is 0 Å². The molecule has 0 saturated carbocycles. The van der Waals surface area contributed by atoms with Crippen LogP contribution >= 0.6 is 0 Å². The lowest BCUT2D eigenvalue weighted by molar-refractivity contribution is 0.289. The molecular formula is C83H123NO3. The van der Waals surface area contributed by atoms with E-state index in [1.807, 2.05) is 30.3 Å². The minimum Gasteiger partial charge on any atom is -0.494 e. The smallest absolute Gasteiger partial charge is 0.119 e. The van der Waals surface area contributed by atoms with Crippen molar-refractivity contribution < 1.29 is 14.2 Å². The molecule has 0 amide bonds. The molecule has 1 fully saturated rings. The Kier molecular flexibility index (Phi) is 37.6. The maximum Gasteiger partial charge on any atom is 0.119 e. The van der Waals surface area contributed by atoms with Gasteiger partial charge in [-0.2, -0.15) is 0 Å². The number of hydrogen-bond donors (Lipinski definition) is 0. The van der Waals surface area contributed by atoms with Crippen LogP contribution in [0.2, 0.25) is 0 Å². The summed E-state index contributed by atoms with van der Waals surface area (Å²) in [5.74, 6) is 7.30. The summed E-state index contributed by atoms with van der Waals surface area (Å²) in [6.45, 7) is 46.9. The molecule has 87 heavy (non-hydrogen) atoms. The number of hydrogen-bond acceptors (Lipinski definition) is 4. The first-order valence-electron chi connectivity index (χ1n) is 33.3. The Labute approximate surface area is 535 Å². The van der Waals surface area contributed by atoms with E-state index in [2.05, 4.69) is 282 Å². The second-order valence-electron chi connectivity index (χ2n) is 26.6. The molecule has 0 aromatic heterocycles. The SMILES string of the molecule is C.CC(C)CCOc1ccc(C(C)C)cc1.CC(C)c1ccc(C(C)(C)C)cc1.CC(C)c1ccc(COc2ccccc2)cc1.CC(C)c1ccc(N2CCCCC2)cc1.CCCCOc1ccc(C(C)C)cc1.CCCc1ccc(C(C)C)cc1. The monoisotopic (exact) mass is 1180 g/mol. The quantitative estimate of drug-likeness (QED) is 0.0712. The highest BCUT2D eigenvalue weighted by atomic mass is 16.5. The van der Waals surface area contributed by atoms with Gasteiger partial charge in [-0.3, -0.25) is 0 Å². The number of anilines is 1. The molecule has 4 heteroatoms. The fraction of sp³-hybridized carbons (Fsp3) is 0.494. The van der Waals surface area contributed by atoms with Crippen LogP contribution in [-0.4, -0.2) is 26.3 Å². The van der Waals surface area contributed by atoms with Gasteiger partial charge in [0.05, 0.1) is 13.2 Å². The van der Waals surface area contributed by atoms with Crippen LogP contribution < -0.4 is 19.1 Å². The minimum absolute atomic E-state index is 0. The molecule has 0 bridgehead atoms. The molecule has 0 unspecified atom stereocenters. The molecule has 4 nitrogen and oxygen atoms in total. The second kappa shape index (κ2) is 42.6. The zero-order valence-corrected chi connectivity index (χ0v) is 57.6. The van der Waals surface area contributed by atoms with Crippen molar-refractivity contribution in [2.24, 2.45) is 5.92 Å². The van der Waals surface area contributed by atoms with E-state index in [0.717, 1.165) is 43.3 Å². The summed E-state index contributed by atoms with van der Waals surface area (Å²) in [6, 6.07) is 62.4. The lowest BCUT2D eigenvalue weighted by atomic mass is 9.86. The van der Waals surface area contributed by atoms with E-state index in [0.29, 0.717) is 48.0 Å². The third-order valence-electron chi connectivity index (χ3n) is 15.5. The number of aryl methyl sites for hydroxylation is 1. The maximum absolute atomic E-state index is 5.69. The number of para-hydroxylation sites is 1. The zero-order chi connectivity index (χ0) is 63.4. The maximum atomic E-state index is 5.69. The van der Waals surface area contributed by atoms with Gasteiger partial charge in [0.1, 0.15) is 23.9 Å². The lowest BCUT2D eigenvalue weighted by Gasteiger charge is -2.29. The number of piperidine rings is 1. The number of ether oxygens (including phenoxy) is 3. The van der Waals surface area contributed by atoms with Crippen LogP contribution in [0, 0.1) is 5.92 Å². The van der Waals surface area contributed by atoms with E-state index in [1.54, 1.807) is 0 Å². The first kappa shape index (κ1) is 76.8. The van der Waals surface area contributed by atoms with Gasteiger partial charge < -0.3 is 19.1 Å². The summed E-state index contributed by atoms with van der Waals surface area (Å²) in [7, 11) is 0. The average molecular weight is 1180 g/mol. The van der Waals surface area contributed by atoms with Crippen molar-refractivity contribution in [1.29, 1.82) is 0 Å². The van der Waals surface area contributed by atoms with Crippen molar-refractivity contribution in [3.63, 3.8) is 0 Å². The Balaban J connectivity index is 0.000000356. The summed E-state index contributed by atoms with van der Waals surface area (Å²) in [5, 5.41) is 0. The number of rotatable bonds is 20. The fourth-order valence-corrected chi connectivity index (χ4v) is 9.27. The summed E-state index contributed by atoms with van der Waals surface area (Å²) >= 11 is 0. The van der Waals surface area contributed by atoms with Crippen molar-refractivity contribution >= 4 is 5.69 Å². The van der Waals surface area contributed by atoms with Gasteiger partial charge in [-0.1, -0.05) is 279 Å². The molecule has 1 aliphatic rings. The van der Waals surface area contributed by atoms with Crippen molar-refractivity contribution in [2.75, 3.05) is 31.2 Å². The molecule has 0 atom stereocenters. The predicted octanol–water partition coefficient (Wildman–Crippen LogP) is 24.9. The van der Waals surface area contributed by atoms with E-state index in [1.165, 1.54) is 107 Å². The van der Waals surface area contributed by atoms with E-state index in [9.17, 15) is 0 Å². The van der Waals surface area contributed by atoms with Crippen molar-refractivity contribution in [1.82, 2.24) is 0 Å². The Morgan fingerprint density at radius 3 is 1.10 bits per heavy atom. The molecule has 478 valence electrons. The van der Waals surface area contributed by atoms with Crippen LogP contribution in [0.1, 0.15) is 270 Å². The number of unbranched alkanes of at least 4 members (excludes halogenated alkanes) is 1. The predicted molar refractivity (Wildman–Crippen MR) is 385 cm³/mol. The molecule has 7 aromatic rings. The van der Waals surface area contributed by atoms with Crippen LogP contribution in [0.15, 0.2) is 176 Å². The van der Waals surface area contributed by atoms with Crippen LogP contribution in [0.3, 0.4) is 0 Å². The number of benzene rings is 7. The van der Waals surface area contributed by atoms with Crippen molar-refractivity contribution in [3.8, 4) is 17.2 Å². The van der Waals surface area contributed by atoms with Gasteiger partial charge >= 0.3 is 0 Å². The molecule has 1 heterocycles. The minimum atomic E-state index is 0. The van der Waals surface area contributed by atoms with Gasteiger partial charge in [0.2, 0.25) is 0 Å². The van der Waals surface area contributed by atoms with Crippen molar-refractivity contribution in [3.05, 3.63) is 226 Å². The van der Waals surface area contributed by atoms with Gasteiger partial charge in [0.25, 0.3) is 0 Å². The van der Waals surface area contributed by atoms with E-state index >= 15 is 0 Å². The highest BCUT2D eigenvalue weighted by Gasteiger charge is 2.14. The van der Waals surface area contributed by atoms with Gasteiger partial charge in [0.15, 0.2) is 0 Å². The summed E-state index contributed by atoms with van der Waals surface area (Å²) in [6.07, 6.45) is 9.99. The Hall–Kier alpha value is -6.26. The van der Waals surface area contributed by atoms with Crippen LogP contribution in [0.4, 0.5) is 5.69 Å².